The van der Waals surface area contributed by atoms with Gasteiger partial charge >= 0.3 is 12.0 Å². The quantitative estimate of drug-likeness (QED) is 0.525. The van der Waals surface area contributed by atoms with Crippen molar-refractivity contribution in [1.29, 1.82) is 0 Å². The highest BCUT2D eigenvalue weighted by Crippen LogP contribution is 2.09. The Hall–Kier alpha value is -1.79. The van der Waals surface area contributed by atoms with Gasteiger partial charge in [0.15, 0.2) is 0 Å². The van der Waals surface area contributed by atoms with Crippen molar-refractivity contribution in [2.75, 3.05) is 19.6 Å². The predicted octanol–water partition coefficient (Wildman–Crippen LogP) is -0.467. The number of rotatable bonds is 5. The molecule has 17 heavy (non-hydrogen) atoms. The lowest BCUT2D eigenvalue weighted by Gasteiger charge is -2.18. The second kappa shape index (κ2) is 6.72. The average Bonchev–Trinajstić information content (AvgIpc) is 2.19. The summed E-state index contributed by atoms with van der Waals surface area (Å²) in [5, 5.41) is 15.3. The van der Waals surface area contributed by atoms with Gasteiger partial charge in [-0.3, -0.25) is 9.59 Å². The maximum atomic E-state index is 11.2. The van der Waals surface area contributed by atoms with Gasteiger partial charge in [0.25, 0.3) is 0 Å². The fraction of sp³-hybridized carbons (Fsp3) is 0.700. The van der Waals surface area contributed by atoms with E-state index >= 15 is 0 Å². The zero-order valence-corrected chi connectivity index (χ0v) is 10.3. The molecule has 0 aliphatic heterocycles. The highest BCUT2D eigenvalue weighted by molar-refractivity contribution is 5.86. The second-order valence-electron chi connectivity index (χ2n) is 4.77. The van der Waals surface area contributed by atoms with Gasteiger partial charge in [-0.2, -0.15) is 0 Å². The topological polar surface area (TPSA) is 108 Å². The van der Waals surface area contributed by atoms with Crippen molar-refractivity contribution in [3.8, 4) is 0 Å². The normalized spacial score (nSPS) is 10.5. The van der Waals surface area contributed by atoms with Gasteiger partial charge in [0.05, 0.1) is 6.54 Å². The van der Waals surface area contributed by atoms with E-state index in [4.69, 9.17) is 5.11 Å². The van der Waals surface area contributed by atoms with Crippen LogP contribution in [0.5, 0.6) is 0 Å². The first-order chi connectivity index (χ1) is 7.70. The Morgan fingerprint density at radius 1 is 1.00 bits per heavy atom. The molecule has 0 aliphatic rings. The van der Waals surface area contributed by atoms with Crippen LogP contribution in [0.3, 0.4) is 0 Å². The van der Waals surface area contributed by atoms with E-state index in [0.717, 1.165) is 0 Å². The third-order valence-electron chi connectivity index (χ3n) is 1.63. The molecule has 7 heteroatoms. The highest BCUT2D eigenvalue weighted by atomic mass is 16.4. The van der Waals surface area contributed by atoms with E-state index in [1.54, 1.807) is 0 Å². The minimum absolute atomic E-state index is 0.0388. The number of amides is 3. The van der Waals surface area contributed by atoms with Crippen LogP contribution in [-0.4, -0.2) is 42.6 Å². The molecule has 4 N–H and O–H groups in total. The molecule has 98 valence electrons. The number of nitrogens with one attached hydrogen (secondary N) is 3. The first-order valence-electron chi connectivity index (χ1n) is 5.21. The van der Waals surface area contributed by atoms with Gasteiger partial charge in [-0.1, -0.05) is 20.8 Å². The Morgan fingerprint density at radius 2 is 1.59 bits per heavy atom. The third-order valence-corrected chi connectivity index (χ3v) is 1.63. The molecule has 7 nitrogen and oxygen atoms in total. The summed E-state index contributed by atoms with van der Waals surface area (Å²) in [6.45, 7) is 5.68. The first-order valence-corrected chi connectivity index (χ1v) is 5.21. The lowest BCUT2D eigenvalue weighted by molar-refractivity contribution is -0.137. The molecular formula is C10H19N3O4. The summed E-state index contributed by atoms with van der Waals surface area (Å²) in [6.07, 6.45) is 0. The molecule has 0 bridgehead atoms. The maximum Gasteiger partial charge on any atom is 0.322 e. The Balaban J connectivity index is 3.70. The van der Waals surface area contributed by atoms with Gasteiger partial charge in [-0.05, 0) is 5.41 Å². The summed E-state index contributed by atoms with van der Waals surface area (Å²) < 4.78 is 0. The molecule has 0 saturated carbocycles. The molecule has 3 amide bonds. The van der Waals surface area contributed by atoms with Crippen LogP contribution >= 0.6 is 0 Å². The molecule has 0 fully saturated rings. The third kappa shape index (κ3) is 10.5. The number of hydrogen-bond donors (Lipinski definition) is 4. The van der Waals surface area contributed by atoms with E-state index < -0.39 is 24.5 Å². The van der Waals surface area contributed by atoms with Crippen LogP contribution in [0.4, 0.5) is 4.79 Å². The van der Waals surface area contributed by atoms with E-state index in [1.165, 1.54) is 0 Å². The van der Waals surface area contributed by atoms with Crippen LogP contribution in [0.15, 0.2) is 0 Å². The lowest BCUT2D eigenvalue weighted by Crippen LogP contribution is -2.44. The van der Waals surface area contributed by atoms with Gasteiger partial charge in [-0.15, -0.1) is 0 Å². The zero-order valence-electron chi connectivity index (χ0n) is 10.3. The summed E-state index contributed by atoms with van der Waals surface area (Å²) >= 11 is 0. The molecule has 0 unspecified atom stereocenters. The van der Waals surface area contributed by atoms with Gasteiger partial charge in [0.2, 0.25) is 5.91 Å². The summed E-state index contributed by atoms with van der Waals surface area (Å²) in [7, 11) is 0. The number of carbonyl (C=O) groups is 3. The fourth-order valence-electron chi connectivity index (χ4n) is 0.805. The molecule has 0 radical (unpaired) electrons. The molecule has 0 aromatic heterocycles. The Morgan fingerprint density at radius 3 is 2.06 bits per heavy atom. The molecule has 0 spiro atoms. The summed E-state index contributed by atoms with van der Waals surface area (Å²) in [5.41, 5.74) is -0.0388. The van der Waals surface area contributed by atoms with Crippen molar-refractivity contribution < 1.29 is 19.5 Å². The van der Waals surface area contributed by atoms with Crippen molar-refractivity contribution in [2.45, 2.75) is 20.8 Å². The minimum atomic E-state index is -1.13. The van der Waals surface area contributed by atoms with E-state index in [1.807, 2.05) is 20.8 Å². The van der Waals surface area contributed by atoms with E-state index in [2.05, 4.69) is 16.0 Å². The Kier molecular flexibility index (Phi) is 6.01. The molecule has 0 rings (SSSR count). The summed E-state index contributed by atoms with van der Waals surface area (Å²) in [5.74, 6) is -1.67. The molecule has 0 aromatic carbocycles. The second-order valence-corrected chi connectivity index (χ2v) is 4.77. The maximum absolute atomic E-state index is 11.2. The molecular weight excluding hydrogens is 226 g/mol. The number of hydrogen-bond acceptors (Lipinski definition) is 3. The minimum Gasteiger partial charge on any atom is -0.480 e. The van der Waals surface area contributed by atoms with Gasteiger partial charge in [0.1, 0.15) is 6.54 Å². The van der Waals surface area contributed by atoms with E-state index in [9.17, 15) is 14.4 Å². The van der Waals surface area contributed by atoms with E-state index in [0.29, 0.717) is 6.54 Å². The largest absolute Gasteiger partial charge is 0.480 e. The predicted molar refractivity (Wildman–Crippen MR) is 61.5 cm³/mol. The first kappa shape index (κ1) is 15.2. The number of urea groups is 1. The van der Waals surface area contributed by atoms with Crippen LogP contribution in [-0.2, 0) is 9.59 Å². The van der Waals surface area contributed by atoms with Crippen LogP contribution < -0.4 is 16.0 Å². The lowest BCUT2D eigenvalue weighted by atomic mass is 9.97. The Labute approximate surface area is 100.0 Å². The van der Waals surface area contributed by atoms with Gasteiger partial charge in [-0.25, -0.2) is 4.79 Å². The van der Waals surface area contributed by atoms with Crippen LogP contribution in [0.1, 0.15) is 20.8 Å². The van der Waals surface area contributed by atoms with Gasteiger partial charge in [0, 0.05) is 6.54 Å². The van der Waals surface area contributed by atoms with Crippen molar-refractivity contribution in [1.82, 2.24) is 16.0 Å². The van der Waals surface area contributed by atoms with Gasteiger partial charge < -0.3 is 21.1 Å². The fourth-order valence-corrected chi connectivity index (χ4v) is 0.805. The van der Waals surface area contributed by atoms with Crippen LogP contribution in [0.25, 0.3) is 0 Å². The summed E-state index contributed by atoms with van der Waals surface area (Å²) in [6, 6.07) is -0.453. The zero-order chi connectivity index (χ0) is 13.5. The smallest absolute Gasteiger partial charge is 0.322 e. The SMILES string of the molecule is CC(C)(C)CNC(=O)NCC(=O)NCC(=O)O. The average molecular weight is 245 g/mol. The van der Waals surface area contributed by atoms with E-state index in [-0.39, 0.29) is 12.0 Å². The molecule has 0 atom stereocenters. The number of carboxylic acids is 1. The van der Waals surface area contributed by atoms with Crippen molar-refractivity contribution in [3.05, 3.63) is 0 Å². The summed E-state index contributed by atoms with van der Waals surface area (Å²) in [4.78, 5) is 32.4. The monoisotopic (exact) mass is 245 g/mol. The highest BCUT2D eigenvalue weighted by Gasteiger charge is 2.12. The van der Waals surface area contributed by atoms with Crippen molar-refractivity contribution in [2.24, 2.45) is 5.41 Å². The molecule has 0 aromatic rings. The number of carbonyl (C=O) groups excluding carboxylic acids is 2. The number of aliphatic carboxylic acids is 1. The van der Waals surface area contributed by atoms with Crippen LogP contribution in [0, 0.1) is 5.41 Å². The molecule has 0 saturated heterocycles. The molecule has 0 aliphatic carbocycles. The van der Waals surface area contributed by atoms with Crippen molar-refractivity contribution in [3.63, 3.8) is 0 Å². The van der Waals surface area contributed by atoms with Crippen LogP contribution in [0.2, 0.25) is 0 Å². The van der Waals surface area contributed by atoms with Crippen molar-refractivity contribution >= 4 is 17.9 Å². The molecule has 0 heterocycles. The Bertz CT molecular complexity index is 296. The standard InChI is InChI=1S/C10H19N3O4/c1-10(2,3)6-13-9(17)12-4-7(14)11-5-8(15)16/h4-6H2,1-3H3,(H,11,14)(H,15,16)(H2,12,13,17). The number of carboxylic acid groups (broad SMARTS) is 1.